The summed E-state index contributed by atoms with van der Waals surface area (Å²) in [5, 5.41) is 7.36. The van der Waals surface area contributed by atoms with Crippen LogP contribution in [0.15, 0.2) is 53.1 Å². The Hall–Kier alpha value is -2.82. The third-order valence-corrected chi connectivity index (χ3v) is 5.17. The second-order valence-corrected chi connectivity index (χ2v) is 6.95. The highest BCUT2D eigenvalue weighted by molar-refractivity contribution is 5.77. The van der Waals surface area contributed by atoms with Gasteiger partial charge in [0, 0.05) is 43.1 Å². The van der Waals surface area contributed by atoms with E-state index in [1.54, 1.807) is 6.26 Å². The summed E-state index contributed by atoms with van der Waals surface area (Å²) in [5.74, 6) is 1.10. The van der Waals surface area contributed by atoms with Gasteiger partial charge in [0.05, 0.1) is 12.0 Å². The Bertz CT molecular complexity index is 868. The molecule has 1 unspecified atom stereocenters. The molecule has 1 N–H and O–H groups in total. The number of hydrogen-bond donors (Lipinski definition) is 1. The minimum atomic E-state index is 0.0479. The largest absolute Gasteiger partial charge is 0.469 e. The molecule has 4 rings (SSSR count). The SMILES string of the molecule is Cc1[nH]nc2c1CN(C(=O)CC(Cc1ccccc1)c1ccco1)CC2. The Morgan fingerprint density at radius 2 is 2.12 bits per heavy atom. The monoisotopic (exact) mass is 349 g/mol. The van der Waals surface area contributed by atoms with Gasteiger partial charge in [0.2, 0.25) is 5.91 Å². The maximum atomic E-state index is 13.0. The van der Waals surface area contributed by atoms with Crippen molar-refractivity contribution in [1.29, 1.82) is 0 Å². The number of hydrogen-bond acceptors (Lipinski definition) is 3. The summed E-state index contributed by atoms with van der Waals surface area (Å²) in [6.45, 7) is 3.39. The van der Waals surface area contributed by atoms with Crippen molar-refractivity contribution in [2.45, 2.75) is 38.6 Å². The van der Waals surface area contributed by atoms with E-state index < -0.39 is 0 Å². The molecule has 1 aliphatic heterocycles. The molecular formula is C21H23N3O2. The Kier molecular flexibility index (Phi) is 4.61. The van der Waals surface area contributed by atoms with Crippen molar-refractivity contribution in [3.63, 3.8) is 0 Å². The zero-order valence-corrected chi connectivity index (χ0v) is 14.9. The van der Waals surface area contributed by atoms with Gasteiger partial charge in [-0.3, -0.25) is 9.89 Å². The number of H-pyrrole nitrogens is 1. The Morgan fingerprint density at radius 3 is 2.88 bits per heavy atom. The van der Waals surface area contributed by atoms with Crippen LogP contribution in [-0.2, 0) is 24.2 Å². The number of carbonyl (C=O) groups is 1. The minimum absolute atomic E-state index is 0.0479. The van der Waals surface area contributed by atoms with Crippen molar-refractivity contribution in [2.75, 3.05) is 6.54 Å². The molecule has 3 aromatic rings. The number of benzene rings is 1. The lowest BCUT2D eigenvalue weighted by Gasteiger charge is -2.28. The smallest absolute Gasteiger partial charge is 0.223 e. The molecule has 0 saturated heterocycles. The predicted octanol–water partition coefficient (Wildman–Crippen LogP) is 3.61. The number of amides is 1. The molecule has 134 valence electrons. The van der Waals surface area contributed by atoms with Crippen LogP contribution in [0.3, 0.4) is 0 Å². The van der Waals surface area contributed by atoms with Crippen LogP contribution in [0, 0.1) is 6.92 Å². The van der Waals surface area contributed by atoms with Gasteiger partial charge in [0.25, 0.3) is 0 Å². The molecule has 5 nitrogen and oxygen atoms in total. The molecule has 1 atom stereocenters. The van der Waals surface area contributed by atoms with E-state index in [0.717, 1.165) is 36.5 Å². The fourth-order valence-corrected chi connectivity index (χ4v) is 3.68. The van der Waals surface area contributed by atoms with Crippen molar-refractivity contribution in [1.82, 2.24) is 15.1 Å². The van der Waals surface area contributed by atoms with Crippen LogP contribution in [0.4, 0.5) is 0 Å². The van der Waals surface area contributed by atoms with Gasteiger partial charge in [-0.05, 0) is 31.0 Å². The third-order valence-electron chi connectivity index (χ3n) is 5.17. The Morgan fingerprint density at radius 1 is 1.27 bits per heavy atom. The average Bonchev–Trinajstić information content (AvgIpc) is 3.32. The van der Waals surface area contributed by atoms with Crippen LogP contribution in [-0.4, -0.2) is 27.5 Å². The summed E-state index contributed by atoms with van der Waals surface area (Å²) < 4.78 is 5.63. The third kappa shape index (κ3) is 3.43. The van der Waals surface area contributed by atoms with Crippen LogP contribution >= 0.6 is 0 Å². The first-order valence-electron chi connectivity index (χ1n) is 9.08. The van der Waals surface area contributed by atoms with E-state index in [2.05, 4.69) is 22.3 Å². The highest BCUT2D eigenvalue weighted by atomic mass is 16.3. The van der Waals surface area contributed by atoms with Crippen molar-refractivity contribution < 1.29 is 9.21 Å². The summed E-state index contributed by atoms with van der Waals surface area (Å²) in [6.07, 6.45) is 3.74. The first-order chi connectivity index (χ1) is 12.7. The molecule has 3 heterocycles. The summed E-state index contributed by atoms with van der Waals surface area (Å²) >= 11 is 0. The number of fused-ring (bicyclic) bond motifs is 1. The molecule has 1 aromatic carbocycles. The Balaban J connectivity index is 1.49. The van der Waals surface area contributed by atoms with E-state index in [4.69, 9.17) is 4.42 Å². The maximum absolute atomic E-state index is 13.0. The van der Waals surface area contributed by atoms with E-state index in [1.807, 2.05) is 42.2 Å². The summed E-state index contributed by atoms with van der Waals surface area (Å²) in [4.78, 5) is 14.9. The molecule has 5 heteroatoms. The number of rotatable bonds is 5. The van der Waals surface area contributed by atoms with E-state index in [9.17, 15) is 4.79 Å². The van der Waals surface area contributed by atoms with E-state index in [1.165, 1.54) is 11.1 Å². The van der Waals surface area contributed by atoms with E-state index in [-0.39, 0.29) is 11.8 Å². The number of nitrogens with zero attached hydrogens (tertiary/aromatic N) is 2. The predicted molar refractivity (Wildman–Crippen MR) is 98.7 cm³/mol. The van der Waals surface area contributed by atoms with E-state index >= 15 is 0 Å². The van der Waals surface area contributed by atoms with Gasteiger partial charge in [0.15, 0.2) is 0 Å². The molecular weight excluding hydrogens is 326 g/mol. The lowest BCUT2D eigenvalue weighted by molar-refractivity contribution is -0.132. The molecule has 0 spiro atoms. The molecule has 2 aromatic heterocycles. The number of aryl methyl sites for hydroxylation is 1. The lowest BCUT2D eigenvalue weighted by atomic mass is 9.93. The summed E-state index contributed by atoms with van der Waals surface area (Å²) in [6, 6.07) is 14.1. The number of aromatic nitrogens is 2. The second kappa shape index (κ2) is 7.20. The summed E-state index contributed by atoms with van der Waals surface area (Å²) in [5.41, 5.74) is 4.54. The molecule has 1 amide bonds. The zero-order chi connectivity index (χ0) is 17.9. The van der Waals surface area contributed by atoms with Gasteiger partial charge >= 0.3 is 0 Å². The summed E-state index contributed by atoms with van der Waals surface area (Å²) in [7, 11) is 0. The normalized spacial score (nSPS) is 14.9. The first-order valence-corrected chi connectivity index (χ1v) is 9.08. The molecule has 26 heavy (non-hydrogen) atoms. The van der Waals surface area contributed by atoms with Gasteiger partial charge in [-0.25, -0.2) is 0 Å². The number of carbonyl (C=O) groups excluding carboxylic acids is 1. The fourth-order valence-electron chi connectivity index (χ4n) is 3.68. The van der Waals surface area contributed by atoms with Crippen molar-refractivity contribution in [3.05, 3.63) is 77.0 Å². The van der Waals surface area contributed by atoms with Crippen LogP contribution in [0.2, 0.25) is 0 Å². The molecule has 0 fully saturated rings. The highest BCUT2D eigenvalue weighted by Crippen LogP contribution is 2.27. The standard InChI is InChI=1S/C21H23N3O2/c1-15-18-14-24(10-9-19(18)23-22-15)21(25)13-17(20-8-5-11-26-20)12-16-6-3-2-4-7-16/h2-8,11,17H,9-10,12-14H2,1H3,(H,22,23). The molecule has 1 aliphatic rings. The quantitative estimate of drug-likeness (QED) is 0.765. The Labute approximate surface area is 153 Å². The minimum Gasteiger partial charge on any atom is -0.469 e. The molecule has 0 bridgehead atoms. The topological polar surface area (TPSA) is 62.1 Å². The van der Waals surface area contributed by atoms with Crippen LogP contribution in [0.25, 0.3) is 0 Å². The molecule has 0 saturated carbocycles. The number of aromatic amines is 1. The van der Waals surface area contributed by atoms with Crippen LogP contribution in [0.1, 0.15) is 40.6 Å². The van der Waals surface area contributed by atoms with Gasteiger partial charge in [-0.15, -0.1) is 0 Å². The van der Waals surface area contributed by atoms with Gasteiger partial charge < -0.3 is 9.32 Å². The van der Waals surface area contributed by atoms with E-state index in [0.29, 0.717) is 13.0 Å². The van der Waals surface area contributed by atoms with Crippen molar-refractivity contribution >= 4 is 5.91 Å². The molecule has 0 aliphatic carbocycles. The zero-order valence-electron chi connectivity index (χ0n) is 14.9. The highest BCUT2D eigenvalue weighted by Gasteiger charge is 2.27. The lowest BCUT2D eigenvalue weighted by Crippen LogP contribution is -2.36. The number of nitrogens with one attached hydrogen (secondary N) is 1. The second-order valence-electron chi connectivity index (χ2n) is 6.95. The maximum Gasteiger partial charge on any atom is 0.223 e. The van der Waals surface area contributed by atoms with Gasteiger partial charge in [-0.2, -0.15) is 5.10 Å². The van der Waals surface area contributed by atoms with Crippen molar-refractivity contribution in [2.24, 2.45) is 0 Å². The van der Waals surface area contributed by atoms with Crippen LogP contribution in [0.5, 0.6) is 0 Å². The van der Waals surface area contributed by atoms with Gasteiger partial charge in [-0.1, -0.05) is 30.3 Å². The van der Waals surface area contributed by atoms with Gasteiger partial charge in [0.1, 0.15) is 5.76 Å². The molecule has 0 radical (unpaired) electrons. The van der Waals surface area contributed by atoms with Crippen LogP contribution < -0.4 is 0 Å². The fraction of sp³-hybridized carbons (Fsp3) is 0.333. The number of furan rings is 1. The van der Waals surface area contributed by atoms with Crippen molar-refractivity contribution in [3.8, 4) is 0 Å². The first kappa shape index (κ1) is 16.6. The average molecular weight is 349 g/mol.